The summed E-state index contributed by atoms with van der Waals surface area (Å²) in [6.45, 7) is 0. The van der Waals surface area contributed by atoms with Crippen molar-refractivity contribution in [1.29, 1.82) is 0 Å². The van der Waals surface area contributed by atoms with Crippen LogP contribution in [0.15, 0.2) is 12.2 Å². The van der Waals surface area contributed by atoms with E-state index >= 15 is 0 Å². The van der Waals surface area contributed by atoms with Crippen LogP contribution in [0.2, 0.25) is 0 Å². The van der Waals surface area contributed by atoms with E-state index < -0.39 is 11.8 Å². The average molecular weight is 152 g/mol. The third kappa shape index (κ3) is 1.67. The molecular weight excluding hydrogens is 142 g/mol. The third-order valence-electron chi connectivity index (χ3n) is 1.95. The summed E-state index contributed by atoms with van der Waals surface area (Å²) in [5.41, 5.74) is 6.86. The summed E-state index contributed by atoms with van der Waals surface area (Å²) in [5.74, 6) is -1.40. The fourth-order valence-corrected chi connectivity index (χ4v) is 1.29. The average Bonchev–Trinajstić information content (AvgIpc) is 2.04. The maximum absolute atomic E-state index is 10.6. The number of aldehydes is 1. The minimum absolute atomic E-state index is 0.259. The molecule has 0 heterocycles. The van der Waals surface area contributed by atoms with Gasteiger partial charge >= 0.3 is 0 Å². The summed E-state index contributed by atoms with van der Waals surface area (Å²) in [6.07, 6.45) is 5.85. The first kappa shape index (κ1) is 7.98. The summed E-state index contributed by atoms with van der Waals surface area (Å²) in [6, 6.07) is 0. The van der Waals surface area contributed by atoms with Gasteiger partial charge in [-0.05, 0) is 12.8 Å². The lowest BCUT2D eigenvalue weighted by Gasteiger charge is -2.18. The van der Waals surface area contributed by atoms with Gasteiger partial charge in [-0.3, -0.25) is 10.5 Å². The molecule has 0 saturated heterocycles. The van der Waals surface area contributed by atoms with Crippen LogP contribution in [0.25, 0.3) is 0 Å². The Hall–Kier alpha value is -1.12. The molecule has 1 aliphatic carbocycles. The van der Waals surface area contributed by atoms with Crippen molar-refractivity contribution in [2.45, 2.75) is 12.8 Å². The molecule has 59 valence electrons. The normalized spacial score (nSPS) is 29.8. The molecule has 3 nitrogen and oxygen atoms in total. The Kier molecular flexibility index (Phi) is 2.41. The van der Waals surface area contributed by atoms with Gasteiger partial charge in [0.05, 0.1) is 5.92 Å². The highest BCUT2D eigenvalue weighted by Crippen LogP contribution is 2.22. The van der Waals surface area contributed by atoms with Crippen LogP contribution in [0, 0.1) is 11.8 Å². The fourth-order valence-electron chi connectivity index (χ4n) is 1.29. The Morgan fingerprint density at radius 2 is 2.36 bits per heavy atom. The lowest BCUT2D eigenvalue weighted by atomic mass is 9.85. The number of carbonyl (C=O) groups is 2. The number of rotatable bonds is 2. The van der Waals surface area contributed by atoms with E-state index in [1.165, 1.54) is 0 Å². The molecule has 2 unspecified atom stereocenters. The number of hydrogen-bond acceptors (Lipinski definition) is 2. The molecule has 0 aliphatic heterocycles. The van der Waals surface area contributed by atoms with Gasteiger partial charge in [0, 0.05) is 5.92 Å². The van der Waals surface area contributed by atoms with E-state index in [9.17, 15) is 9.59 Å². The molecule has 0 aromatic rings. The lowest BCUT2D eigenvalue weighted by molar-refractivity contribution is -0.126. The quantitative estimate of drug-likeness (QED) is 0.429. The van der Waals surface area contributed by atoms with E-state index in [0.717, 1.165) is 12.7 Å². The third-order valence-corrected chi connectivity index (χ3v) is 1.95. The van der Waals surface area contributed by atoms with Crippen molar-refractivity contribution in [3.63, 3.8) is 0 Å². The Morgan fingerprint density at radius 1 is 1.64 bits per heavy atom. The van der Waals surface area contributed by atoms with Crippen LogP contribution >= 0.6 is 0 Å². The molecule has 1 radical (unpaired) electrons. The summed E-state index contributed by atoms with van der Waals surface area (Å²) >= 11 is 0. The smallest absolute Gasteiger partial charge is 0.246 e. The first-order valence-corrected chi connectivity index (χ1v) is 3.63. The van der Waals surface area contributed by atoms with Crippen LogP contribution in [0.5, 0.6) is 0 Å². The number of nitrogens with one attached hydrogen (secondary N) is 1. The van der Waals surface area contributed by atoms with Gasteiger partial charge < -0.3 is 4.79 Å². The maximum Gasteiger partial charge on any atom is 0.246 e. The highest BCUT2D eigenvalue weighted by molar-refractivity contribution is 5.81. The Labute approximate surface area is 65.3 Å². The van der Waals surface area contributed by atoms with Gasteiger partial charge in [0.25, 0.3) is 0 Å². The minimum atomic E-state index is -0.655. The predicted molar refractivity (Wildman–Crippen MR) is 39.5 cm³/mol. The molecule has 2 atom stereocenters. The molecule has 0 aromatic carbocycles. The second-order valence-electron chi connectivity index (χ2n) is 2.70. The van der Waals surface area contributed by atoms with E-state index in [-0.39, 0.29) is 5.92 Å². The first-order valence-electron chi connectivity index (χ1n) is 3.63. The summed E-state index contributed by atoms with van der Waals surface area (Å²) in [7, 11) is 0. The number of amides is 1. The van der Waals surface area contributed by atoms with Crippen molar-refractivity contribution in [2.75, 3.05) is 0 Å². The summed E-state index contributed by atoms with van der Waals surface area (Å²) in [5, 5.41) is 0. The number of carbonyl (C=O) groups excluding carboxylic acids is 2. The van der Waals surface area contributed by atoms with Crippen LogP contribution in [0.3, 0.4) is 0 Å². The molecule has 11 heavy (non-hydrogen) atoms. The molecular formula is C8H10NO2. The van der Waals surface area contributed by atoms with E-state index in [2.05, 4.69) is 0 Å². The molecule has 0 aromatic heterocycles. The Balaban J connectivity index is 2.72. The topological polar surface area (TPSA) is 57.9 Å². The van der Waals surface area contributed by atoms with Crippen molar-refractivity contribution in [2.24, 2.45) is 11.8 Å². The molecule has 0 bridgehead atoms. The van der Waals surface area contributed by atoms with Crippen molar-refractivity contribution in [1.82, 2.24) is 5.73 Å². The van der Waals surface area contributed by atoms with Gasteiger partial charge in [-0.1, -0.05) is 12.2 Å². The van der Waals surface area contributed by atoms with Gasteiger partial charge in [0.2, 0.25) is 5.91 Å². The second kappa shape index (κ2) is 3.32. The van der Waals surface area contributed by atoms with E-state index in [1.807, 2.05) is 6.08 Å². The zero-order valence-corrected chi connectivity index (χ0v) is 6.12. The molecule has 1 rings (SSSR count). The van der Waals surface area contributed by atoms with Crippen molar-refractivity contribution < 1.29 is 9.59 Å². The number of hydrogen-bond donors (Lipinski definition) is 0. The molecule has 1 N–H and O–H groups in total. The summed E-state index contributed by atoms with van der Waals surface area (Å²) < 4.78 is 0. The zero-order valence-electron chi connectivity index (χ0n) is 6.12. The van der Waals surface area contributed by atoms with Crippen molar-refractivity contribution in [3.8, 4) is 0 Å². The minimum Gasteiger partial charge on any atom is -0.303 e. The van der Waals surface area contributed by atoms with Crippen LogP contribution < -0.4 is 5.73 Å². The van der Waals surface area contributed by atoms with E-state index in [4.69, 9.17) is 5.73 Å². The van der Waals surface area contributed by atoms with Crippen LogP contribution in [0.4, 0.5) is 0 Å². The predicted octanol–water partition coefficient (Wildman–Crippen LogP) is 0.577. The van der Waals surface area contributed by atoms with Crippen molar-refractivity contribution >= 4 is 12.2 Å². The van der Waals surface area contributed by atoms with E-state index in [0.29, 0.717) is 6.42 Å². The largest absolute Gasteiger partial charge is 0.303 e. The Morgan fingerprint density at radius 3 is 2.82 bits per heavy atom. The van der Waals surface area contributed by atoms with E-state index in [1.54, 1.807) is 6.08 Å². The highest BCUT2D eigenvalue weighted by Gasteiger charge is 2.25. The van der Waals surface area contributed by atoms with Crippen LogP contribution in [-0.4, -0.2) is 12.2 Å². The lowest BCUT2D eigenvalue weighted by Crippen LogP contribution is -2.25. The molecule has 0 fully saturated rings. The van der Waals surface area contributed by atoms with Gasteiger partial charge in [0.1, 0.15) is 6.29 Å². The first-order chi connectivity index (χ1) is 5.25. The van der Waals surface area contributed by atoms with Crippen LogP contribution in [0.1, 0.15) is 12.8 Å². The van der Waals surface area contributed by atoms with Crippen LogP contribution in [-0.2, 0) is 9.59 Å². The highest BCUT2D eigenvalue weighted by atomic mass is 16.1. The molecule has 0 saturated carbocycles. The summed E-state index contributed by atoms with van der Waals surface area (Å²) in [4.78, 5) is 21.0. The zero-order chi connectivity index (χ0) is 8.27. The molecule has 1 amide bonds. The van der Waals surface area contributed by atoms with Gasteiger partial charge in [-0.2, -0.15) is 0 Å². The number of allylic oxidation sites excluding steroid dienone is 1. The fraction of sp³-hybridized carbons (Fsp3) is 0.500. The molecule has 0 spiro atoms. The molecule has 3 heteroatoms. The van der Waals surface area contributed by atoms with Gasteiger partial charge in [-0.25, -0.2) is 0 Å². The standard InChI is InChI=1S/C8H10NO2/c9-8(11)7-4-2-1-3-6(7)5-10/h2,4-7,9H,1,3H2. The van der Waals surface area contributed by atoms with Crippen molar-refractivity contribution in [3.05, 3.63) is 12.2 Å². The van der Waals surface area contributed by atoms with Gasteiger partial charge in [0.15, 0.2) is 0 Å². The maximum atomic E-state index is 10.6. The Bertz CT molecular complexity index is 198. The van der Waals surface area contributed by atoms with Gasteiger partial charge in [-0.15, -0.1) is 0 Å². The molecule has 1 aliphatic rings. The monoisotopic (exact) mass is 152 g/mol. The SMILES string of the molecule is [NH]C(=O)C1C=CCCC1C=O. The second-order valence-corrected chi connectivity index (χ2v) is 2.70.